The number of nitroso groups, excluding NO2 is 1. The first kappa shape index (κ1) is 25.0. The third-order valence-electron chi connectivity index (χ3n) is 4.75. The van der Waals surface area contributed by atoms with Gasteiger partial charge in [0, 0.05) is 19.0 Å². The lowest BCUT2D eigenvalue weighted by Crippen LogP contribution is -2.36. The summed E-state index contributed by atoms with van der Waals surface area (Å²) in [6.07, 6.45) is -1.74. The minimum Gasteiger partial charge on any atom is -0.449 e. The van der Waals surface area contributed by atoms with Gasteiger partial charge in [0.2, 0.25) is 0 Å². The number of carbonyl (C=O) groups is 1. The van der Waals surface area contributed by atoms with Gasteiger partial charge in [-0.1, -0.05) is 48.8 Å². The topological polar surface area (TPSA) is 59.0 Å². The van der Waals surface area contributed by atoms with Gasteiger partial charge < -0.3 is 4.74 Å². The van der Waals surface area contributed by atoms with Gasteiger partial charge in [0.05, 0.1) is 12.3 Å². The molecule has 0 fully saturated rings. The number of amides is 1. The zero-order valence-electron chi connectivity index (χ0n) is 17.8. The summed E-state index contributed by atoms with van der Waals surface area (Å²) >= 11 is 10.5. The number of hydrogen-bond donors (Lipinski definition) is 0. The van der Waals surface area contributed by atoms with E-state index in [9.17, 15) is 9.70 Å². The third-order valence-corrected chi connectivity index (χ3v) is 6.42. The highest BCUT2D eigenvalue weighted by Gasteiger charge is 2.34. The van der Waals surface area contributed by atoms with Crippen LogP contribution in [0.4, 0.5) is 10.5 Å². The van der Waals surface area contributed by atoms with Gasteiger partial charge in [0.1, 0.15) is 0 Å². The highest BCUT2D eigenvalue weighted by Crippen LogP contribution is 2.43. The average molecular weight is 605 g/mol. The van der Waals surface area contributed by atoms with Gasteiger partial charge in [-0.15, -0.1) is 4.91 Å². The number of nitrogens with zero attached hydrogens (tertiary/aromatic N) is 2. The minimum atomic E-state index is -1.09. The fraction of sp³-hybridized carbons (Fsp3) is 0.409. The predicted octanol–water partition coefficient (Wildman–Crippen LogP) is 8.32. The Morgan fingerprint density at radius 2 is 1.57 bits per heavy atom. The Morgan fingerprint density at radius 1 is 1.07 bits per heavy atom. The van der Waals surface area contributed by atoms with Crippen LogP contribution in [0.2, 0.25) is 0 Å². The molecule has 1 unspecified atom stereocenters. The van der Waals surface area contributed by atoms with Crippen molar-refractivity contribution in [1.29, 1.82) is 0 Å². The molecular weight excluding hydrogens is 580 g/mol. The predicted molar refractivity (Wildman–Crippen MR) is 132 cm³/mol. The van der Waals surface area contributed by atoms with Gasteiger partial charge in [0.25, 0.3) is 0 Å². The lowest BCUT2D eigenvalue weighted by Gasteiger charge is -2.31. The Labute approximate surface area is 202 Å². The standard InChI is InChI=1S/C22H25Br3N2O3/c1-7-30-21(28)27(19-16(24)10-15(23)11-17(19)25)20(26-29)18-12(2)8-14(9-13(18)3)22(4,5)6/h8-11,20H,7H2,1-6H3. The SMILES string of the molecule is CCOC(=O)N(c1c(Br)cc(Br)cc1Br)C(N=O)c1c(C)cc(C(C)(C)C)cc1C. The molecule has 2 aromatic rings. The maximum absolute atomic E-state index is 13.0. The summed E-state index contributed by atoms with van der Waals surface area (Å²) in [4.78, 5) is 26.5. The minimum absolute atomic E-state index is 0.0449. The van der Waals surface area contributed by atoms with Crippen molar-refractivity contribution in [2.45, 2.75) is 53.1 Å². The molecule has 1 amide bonds. The third kappa shape index (κ3) is 5.32. The number of anilines is 1. The van der Waals surface area contributed by atoms with Crippen LogP contribution < -0.4 is 4.90 Å². The van der Waals surface area contributed by atoms with Crippen molar-refractivity contribution in [3.05, 3.63) is 64.8 Å². The summed E-state index contributed by atoms with van der Waals surface area (Å²) in [6.45, 7) is 12.2. The summed E-state index contributed by atoms with van der Waals surface area (Å²) < 4.78 is 7.34. The van der Waals surface area contributed by atoms with Gasteiger partial charge in [-0.2, -0.15) is 0 Å². The smallest absolute Gasteiger partial charge is 0.416 e. The Balaban J connectivity index is 2.75. The maximum Gasteiger partial charge on any atom is 0.416 e. The first-order valence-corrected chi connectivity index (χ1v) is 11.8. The maximum atomic E-state index is 13.0. The summed E-state index contributed by atoms with van der Waals surface area (Å²) in [5.74, 6) is 0. The van der Waals surface area contributed by atoms with Crippen LogP contribution in [0.15, 0.2) is 42.9 Å². The van der Waals surface area contributed by atoms with Gasteiger partial charge >= 0.3 is 6.09 Å². The Hall–Kier alpha value is -1.25. The van der Waals surface area contributed by atoms with Gasteiger partial charge in [0.15, 0.2) is 6.17 Å². The number of rotatable bonds is 5. The van der Waals surface area contributed by atoms with E-state index in [-0.39, 0.29) is 12.0 Å². The van der Waals surface area contributed by atoms with Gasteiger partial charge in [-0.05, 0) is 92.0 Å². The first-order chi connectivity index (χ1) is 13.9. The van der Waals surface area contributed by atoms with Crippen LogP contribution in [-0.4, -0.2) is 12.7 Å². The van der Waals surface area contributed by atoms with Crippen LogP contribution in [-0.2, 0) is 10.2 Å². The number of ether oxygens (including phenoxy) is 1. The molecule has 30 heavy (non-hydrogen) atoms. The highest BCUT2D eigenvalue weighted by molar-refractivity contribution is 9.11. The molecule has 0 heterocycles. The Bertz CT molecular complexity index is 925. The highest BCUT2D eigenvalue weighted by atomic mass is 79.9. The van der Waals surface area contributed by atoms with Crippen LogP contribution in [0.1, 0.15) is 56.1 Å². The van der Waals surface area contributed by atoms with Crippen molar-refractivity contribution in [1.82, 2.24) is 0 Å². The van der Waals surface area contributed by atoms with Crippen LogP contribution in [0.5, 0.6) is 0 Å². The summed E-state index contributed by atoms with van der Waals surface area (Å²) in [5.41, 5.74) is 4.05. The lowest BCUT2D eigenvalue weighted by molar-refractivity contribution is 0.157. The quantitative estimate of drug-likeness (QED) is 0.322. The second-order valence-corrected chi connectivity index (χ2v) is 10.7. The van der Waals surface area contributed by atoms with E-state index in [0.717, 1.165) is 21.2 Å². The number of halogens is 3. The monoisotopic (exact) mass is 602 g/mol. The molecule has 2 aromatic carbocycles. The molecule has 0 bridgehead atoms. The molecule has 0 saturated carbocycles. The van der Waals surface area contributed by atoms with E-state index >= 15 is 0 Å². The van der Waals surface area contributed by atoms with E-state index in [1.807, 2.05) is 13.8 Å². The van der Waals surface area contributed by atoms with Crippen LogP contribution in [0.3, 0.4) is 0 Å². The molecule has 0 aliphatic heterocycles. The Kier molecular flexibility index (Phi) is 8.27. The fourth-order valence-electron chi connectivity index (χ4n) is 3.32. The molecule has 0 aliphatic rings. The molecule has 5 nitrogen and oxygen atoms in total. The second-order valence-electron chi connectivity index (χ2n) is 8.04. The van der Waals surface area contributed by atoms with Crippen LogP contribution in [0, 0.1) is 18.8 Å². The van der Waals surface area contributed by atoms with Crippen molar-refractivity contribution in [2.24, 2.45) is 5.18 Å². The normalized spacial score (nSPS) is 12.4. The van der Waals surface area contributed by atoms with Crippen molar-refractivity contribution in [3.8, 4) is 0 Å². The average Bonchev–Trinajstić information content (AvgIpc) is 2.60. The largest absolute Gasteiger partial charge is 0.449 e. The van der Waals surface area contributed by atoms with Crippen LogP contribution in [0.25, 0.3) is 0 Å². The zero-order valence-corrected chi connectivity index (χ0v) is 22.6. The summed E-state index contributed by atoms with van der Waals surface area (Å²) in [7, 11) is 0. The van der Waals surface area contributed by atoms with Crippen molar-refractivity contribution < 1.29 is 9.53 Å². The van der Waals surface area contributed by atoms with E-state index in [1.165, 1.54) is 4.90 Å². The van der Waals surface area contributed by atoms with Crippen molar-refractivity contribution in [2.75, 3.05) is 11.5 Å². The lowest BCUT2D eigenvalue weighted by atomic mass is 9.83. The van der Waals surface area contributed by atoms with Crippen molar-refractivity contribution in [3.63, 3.8) is 0 Å². The van der Waals surface area contributed by atoms with E-state index < -0.39 is 12.3 Å². The Morgan fingerprint density at radius 3 is 1.97 bits per heavy atom. The molecule has 2 rings (SSSR count). The van der Waals surface area contributed by atoms with Gasteiger partial charge in [-0.25, -0.2) is 9.69 Å². The fourth-order valence-corrected chi connectivity index (χ4v) is 5.96. The first-order valence-electron chi connectivity index (χ1n) is 9.47. The molecular formula is C22H25Br3N2O3. The van der Waals surface area contributed by atoms with E-state index in [4.69, 9.17) is 4.74 Å². The molecule has 0 radical (unpaired) electrons. The number of hydrogen-bond acceptors (Lipinski definition) is 4. The van der Waals surface area contributed by atoms with Crippen molar-refractivity contribution >= 4 is 59.6 Å². The molecule has 0 saturated heterocycles. The molecule has 0 aliphatic carbocycles. The van der Waals surface area contributed by atoms with E-state index in [0.29, 0.717) is 20.2 Å². The van der Waals surface area contributed by atoms with E-state index in [1.54, 1.807) is 19.1 Å². The summed E-state index contributed by atoms with van der Waals surface area (Å²) in [6, 6.07) is 7.71. The molecule has 8 heteroatoms. The summed E-state index contributed by atoms with van der Waals surface area (Å²) in [5, 5.41) is 3.38. The van der Waals surface area contributed by atoms with Gasteiger partial charge in [-0.3, -0.25) is 0 Å². The molecule has 0 N–H and O–H groups in total. The van der Waals surface area contributed by atoms with Crippen LogP contribution >= 0.6 is 47.8 Å². The zero-order chi connectivity index (χ0) is 22.8. The van der Waals surface area contributed by atoms with E-state index in [2.05, 4.69) is 85.9 Å². The number of carbonyl (C=O) groups excluding carboxylic acids is 1. The second kappa shape index (κ2) is 9.92. The molecule has 0 aromatic heterocycles. The molecule has 162 valence electrons. The number of benzene rings is 2. The number of aryl methyl sites for hydroxylation is 2. The molecule has 0 spiro atoms. The molecule has 1 atom stereocenters.